The quantitative estimate of drug-likeness (QED) is 0.190. The second-order valence-electron chi connectivity index (χ2n) is 14.6. The Bertz CT molecular complexity index is 2780. The highest BCUT2D eigenvalue weighted by Crippen LogP contribution is 2.51. The van der Waals surface area contributed by atoms with Crippen molar-refractivity contribution in [2.75, 3.05) is 4.90 Å². The Morgan fingerprint density at radius 1 is 0.440 bits per heavy atom. The Labute approximate surface area is 291 Å². The molecule has 1 aromatic heterocycles. The fraction of sp³-hybridized carbons (Fsp3) is 0.0833. The smallest absolute Gasteiger partial charge is 0.159 e. The van der Waals surface area contributed by atoms with Gasteiger partial charge in [0.2, 0.25) is 0 Å². The third kappa shape index (κ3) is 4.49. The van der Waals surface area contributed by atoms with E-state index in [0.717, 1.165) is 39.0 Å². The molecule has 1 heterocycles. The number of furan rings is 1. The average molecular weight is 642 g/mol. The second kappa shape index (κ2) is 10.7. The first-order chi connectivity index (χ1) is 24.4. The number of hydrogen-bond donors (Lipinski definition) is 0. The molecule has 2 heteroatoms. The van der Waals surface area contributed by atoms with Crippen molar-refractivity contribution >= 4 is 60.5 Å². The first-order valence-electron chi connectivity index (χ1n) is 17.4. The molecule has 8 aromatic carbocycles. The molecule has 2 nitrogen and oxygen atoms in total. The molecule has 0 saturated heterocycles. The Balaban J connectivity index is 1.10. The lowest BCUT2D eigenvalue weighted by Gasteiger charge is -2.28. The van der Waals surface area contributed by atoms with Gasteiger partial charge in [-0.1, -0.05) is 112 Å². The van der Waals surface area contributed by atoms with Crippen LogP contribution in [0.3, 0.4) is 0 Å². The van der Waals surface area contributed by atoms with Gasteiger partial charge >= 0.3 is 0 Å². The fourth-order valence-electron chi connectivity index (χ4n) is 7.81. The zero-order valence-electron chi connectivity index (χ0n) is 28.4. The summed E-state index contributed by atoms with van der Waals surface area (Å²) in [7, 11) is 0. The highest BCUT2D eigenvalue weighted by atomic mass is 16.3. The SMILES string of the molecule is CC(C)(C)c1ccc(N(c2ccc3cc4c(cc3c2)-c2cc3ccc(-c5ccccc5)cc3cc2-4)c2cccc3c2oc2ccccc23)cc1. The van der Waals surface area contributed by atoms with E-state index in [1.54, 1.807) is 0 Å². The van der Waals surface area contributed by atoms with Gasteiger partial charge in [0.05, 0.1) is 5.69 Å². The van der Waals surface area contributed by atoms with Crippen LogP contribution in [-0.2, 0) is 5.41 Å². The molecule has 0 radical (unpaired) electrons. The molecule has 50 heavy (non-hydrogen) atoms. The lowest BCUT2D eigenvalue weighted by molar-refractivity contribution is 0.590. The van der Waals surface area contributed by atoms with Gasteiger partial charge in [0.15, 0.2) is 5.58 Å². The number of para-hydroxylation sites is 2. The first kappa shape index (κ1) is 28.9. The Morgan fingerprint density at radius 3 is 1.76 bits per heavy atom. The maximum absolute atomic E-state index is 6.58. The van der Waals surface area contributed by atoms with Crippen molar-refractivity contribution in [3.8, 4) is 33.4 Å². The highest BCUT2D eigenvalue weighted by molar-refractivity contribution is 6.13. The molecule has 0 bridgehead atoms. The summed E-state index contributed by atoms with van der Waals surface area (Å²) in [6, 6.07) is 57.6. The molecule has 10 rings (SSSR count). The summed E-state index contributed by atoms with van der Waals surface area (Å²) in [6.07, 6.45) is 0. The van der Waals surface area contributed by atoms with Gasteiger partial charge < -0.3 is 9.32 Å². The van der Waals surface area contributed by atoms with E-state index in [9.17, 15) is 0 Å². The van der Waals surface area contributed by atoms with E-state index in [-0.39, 0.29) is 5.41 Å². The van der Waals surface area contributed by atoms with Crippen LogP contribution in [0.15, 0.2) is 162 Å². The zero-order valence-corrected chi connectivity index (χ0v) is 28.4. The molecule has 1 aliphatic rings. The molecular weight excluding hydrogens is 607 g/mol. The summed E-state index contributed by atoms with van der Waals surface area (Å²) < 4.78 is 6.58. The summed E-state index contributed by atoms with van der Waals surface area (Å²) in [5, 5.41) is 7.26. The molecule has 0 unspecified atom stereocenters. The topological polar surface area (TPSA) is 16.4 Å². The van der Waals surface area contributed by atoms with E-state index >= 15 is 0 Å². The van der Waals surface area contributed by atoms with Crippen LogP contribution in [0.4, 0.5) is 17.1 Å². The molecule has 0 saturated carbocycles. The molecule has 0 atom stereocenters. The first-order valence-corrected chi connectivity index (χ1v) is 17.4. The van der Waals surface area contributed by atoms with Crippen LogP contribution in [-0.4, -0.2) is 0 Å². The molecule has 0 N–H and O–H groups in total. The maximum atomic E-state index is 6.58. The maximum Gasteiger partial charge on any atom is 0.159 e. The number of anilines is 3. The van der Waals surface area contributed by atoms with E-state index in [4.69, 9.17) is 4.42 Å². The summed E-state index contributed by atoms with van der Waals surface area (Å²) in [5.41, 5.74) is 14.2. The Kier molecular flexibility index (Phi) is 6.17. The number of fused-ring (bicyclic) bond motifs is 9. The predicted molar refractivity (Wildman–Crippen MR) is 212 cm³/mol. The third-order valence-corrected chi connectivity index (χ3v) is 10.5. The van der Waals surface area contributed by atoms with Crippen LogP contribution in [0.1, 0.15) is 26.3 Å². The highest BCUT2D eigenvalue weighted by Gasteiger charge is 2.25. The van der Waals surface area contributed by atoms with Crippen LogP contribution in [0.25, 0.3) is 76.9 Å². The van der Waals surface area contributed by atoms with E-state index < -0.39 is 0 Å². The van der Waals surface area contributed by atoms with Gasteiger partial charge in [0.25, 0.3) is 0 Å². The largest absolute Gasteiger partial charge is 0.454 e. The van der Waals surface area contributed by atoms with E-state index in [1.165, 1.54) is 60.5 Å². The van der Waals surface area contributed by atoms with Gasteiger partial charge in [0, 0.05) is 22.1 Å². The van der Waals surface area contributed by atoms with Crippen LogP contribution in [0, 0.1) is 0 Å². The number of hydrogen-bond acceptors (Lipinski definition) is 2. The van der Waals surface area contributed by atoms with E-state index in [2.05, 4.69) is 177 Å². The zero-order chi connectivity index (χ0) is 33.6. The van der Waals surface area contributed by atoms with Crippen molar-refractivity contribution in [2.45, 2.75) is 26.2 Å². The lowest BCUT2D eigenvalue weighted by Crippen LogP contribution is -2.13. The minimum atomic E-state index is 0.0682. The van der Waals surface area contributed by atoms with Crippen LogP contribution < -0.4 is 4.90 Å². The third-order valence-electron chi connectivity index (χ3n) is 10.5. The van der Waals surface area contributed by atoms with Crippen molar-refractivity contribution in [1.29, 1.82) is 0 Å². The van der Waals surface area contributed by atoms with Crippen LogP contribution in [0.2, 0.25) is 0 Å². The summed E-state index contributed by atoms with van der Waals surface area (Å²) in [4.78, 5) is 2.35. The number of nitrogens with zero attached hydrogens (tertiary/aromatic N) is 1. The normalized spacial score (nSPS) is 12.3. The predicted octanol–water partition coefficient (Wildman–Crippen LogP) is 14.0. The summed E-state index contributed by atoms with van der Waals surface area (Å²) in [6.45, 7) is 6.78. The minimum Gasteiger partial charge on any atom is -0.454 e. The van der Waals surface area contributed by atoms with Gasteiger partial charge in [-0.15, -0.1) is 0 Å². The van der Waals surface area contributed by atoms with Crippen molar-refractivity contribution in [3.05, 3.63) is 163 Å². The number of benzene rings is 8. The molecule has 238 valence electrons. The Hall–Kier alpha value is -6.12. The van der Waals surface area contributed by atoms with Crippen molar-refractivity contribution < 1.29 is 4.42 Å². The molecule has 0 spiro atoms. The molecule has 0 fully saturated rings. The molecule has 0 aliphatic heterocycles. The van der Waals surface area contributed by atoms with Crippen LogP contribution >= 0.6 is 0 Å². The van der Waals surface area contributed by atoms with E-state index in [1.807, 2.05) is 6.07 Å². The molecular formula is C48H35NO. The average Bonchev–Trinajstić information content (AvgIpc) is 3.53. The van der Waals surface area contributed by atoms with Crippen molar-refractivity contribution in [3.63, 3.8) is 0 Å². The lowest BCUT2D eigenvalue weighted by atomic mass is 9.77. The van der Waals surface area contributed by atoms with Gasteiger partial charge in [-0.3, -0.25) is 0 Å². The minimum absolute atomic E-state index is 0.0682. The van der Waals surface area contributed by atoms with Crippen LogP contribution in [0.5, 0.6) is 0 Å². The van der Waals surface area contributed by atoms with E-state index in [0.29, 0.717) is 0 Å². The van der Waals surface area contributed by atoms with Gasteiger partial charge in [-0.05, 0) is 133 Å². The molecule has 1 aliphatic carbocycles. The summed E-state index contributed by atoms with van der Waals surface area (Å²) >= 11 is 0. The standard InChI is InChI=1S/C48H35NO/c1-48(2,3)36-19-22-37(23-20-36)49(45-14-9-13-40-39-12-7-8-15-46(39)50-47(40)45)38-21-18-33-27-42-43-28-34-24-31(30-10-5-4-6-11-30)16-17-32(34)26-41(43)44(42)29-35(33)25-38/h4-29H,1-3H3. The van der Waals surface area contributed by atoms with Crippen molar-refractivity contribution in [2.24, 2.45) is 0 Å². The van der Waals surface area contributed by atoms with Gasteiger partial charge in [-0.25, -0.2) is 0 Å². The van der Waals surface area contributed by atoms with Gasteiger partial charge in [-0.2, -0.15) is 0 Å². The fourth-order valence-corrected chi connectivity index (χ4v) is 7.81. The monoisotopic (exact) mass is 641 g/mol. The van der Waals surface area contributed by atoms with Gasteiger partial charge in [0.1, 0.15) is 5.58 Å². The van der Waals surface area contributed by atoms with Crippen molar-refractivity contribution in [1.82, 2.24) is 0 Å². The molecule has 0 amide bonds. The summed E-state index contributed by atoms with van der Waals surface area (Å²) in [5.74, 6) is 0. The Morgan fingerprint density at radius 2 is 1.04 bits per heavy atom. The molecule has 9 aromatic rings. The number of rotatable bonds is 4. The second-order valence-corrected chi connectivity index (χ2v) is 14.6.